The first-order chi connectivity index (χ1) is 10.1. The van der Waals surface area contributed by atoms with Gasteiger partial charge in [-0.25, -0.2) is 0 Å². The van der Waals surface area contributed by atoms with Gasteiger partial charge in [-0.3, -0.25) is 9.59 Å². The third-order valence-electron chi connectivity index (χ3n) is 3.14. The van der Waals surface area contributed by atoms with Crippen LogP contribution in [0.25, 0.3) is 0 Å². The molecule has 2 N–H and O–H groups in total. The van der Waals surface area contributed by atoms with Gasteiger partial charge in [-0.05, 0) is 18.4 Å². The van der Waals surface area contributed by atoms with Crippen molar-refractivity contribution < 1.29 is 19.1 Å². The lowest BCUT2D eigenvalue weighted by Gasteiger charge is -2.08. The fourth-order valence-electron chi connectivity index (χ4n) is 1.89. The predicted octanol–water partition coefficient (Wildman–Crippen LogP) is 2.18. The smallest absolute Gasteiger partial charge is 0.322 e. The monoisotopic (exact) mass is 293 g/mol. The molecular formula is C16H23NO4. The molecule has 1 aromatic carbocycles. The molecule has 21 heavy (non-hydrogen) atoms. The van der Waals surface area contributed by atoms with E-state index in [0.717, 1.165) is 24.8 Å². The zero-order valence-electron chi connectivity index (χ0n) is 12.4. The molecule has 0 spiro atoms. The summed E-state index contributed by atoms with van der Waals surface area (Å²) in [5.41, 5.74) is 6.60. The maximum Gasteiger partial charge on any atom is 0.322 e. The molecule has 5 heteroatoms. The van der Waals surface area contributed by atoms with E-state index >= 15 is 0 Å². The van der Waals surface area contributed by atoms with Gasteiger partial charge in [-0.15, -0.1) is 0 Å². The van der Waals surface area contributed by atoms with Crippen molar-refractivity contribution in [3.63, 3.8) is 0 Å². The predicted molar refractivity (Wildman–Crippen MR) is 79.3 cm³/mol. The van der Waals surface area contributed by atoms with Crippen LogP contribution in [0.3, 0.4) is 0 Å². The first-order valence-corrected chi connectivity index (χ1v) is 7.16. The number of ether oxygens (including phenoxy) is 2. The number of carbonyl (C=O) groups is 2. The van der Waals surface area contributed by atoms with Crippen LogP contribution in [0.5, 0.6) is 0 Å². The van der Waals surface area contributed by atoms with Gasteiger partial charge in [-0.1, -0.05) is 43.2 Å². The van der Waals surface area contributed by atoms with Crippen LogP contribution in [0.1, 0.15) is 37.7 Å². The second kappa shape index (κ2) is 9.94. The van der Waals surface area contributed by atoms with E-state index in [1.807, 2.05) is 30.3 Å². The van der Waals surface area contributed by atoms with Gasteiger partial charge >= 0.3 is 11.9 Å². The highest BCUT2D eigenvalue weighted by molar-refractivity contribution is 5.75. The molecule has 1 rings (SSSR count). The standard InChI is InChI=1S/C16H23NO4/c1-20-16(19)14(17)10-6-3-7-11-15(18)21-12-13-8-4-2-5-9-13/h2,4-5,8-9,14H,3,6-7,10-12,17H2,1H3/t14-/m0/s1. The Morgan fingerprint density at radius 3 is 2.52 bits per heavy atom. The van der Waals surface area contributed by atoms with Gasteiger partial charge in [0.2, 0.25) is 0 Å². The maximum atomic E-state index is 11.5. The van der Waals surface area contributed by atoms with E-state index in [2.05, 4.69) is 4.74 Å². The van der Waals surface area contributed by atoms with Crippen LogP contribution in [-0.2, 0) is 25.7 Å². The summed E-state index contributed by atoms with van der Waals surface area (Å²) in [6, 6.07) is 9.01. The molecule has 1 aromatic rings. The first-order valence-electron chi connectivity index (χ1n) is 7.16. The lowest BCUT2D eigenvalue weighted by molar-refractivity contribution is -0.145. The number of esters is 2. The maximum absolute atomic E-state index is 11.5. The summed E-state index contributed by atoms with van der Waals surface area (Å²) in [5, 5.41) is 0. The van der Waals surface area contributed by atoms with Gasteiger partial charge in [0.1, 0.15) is 12.6 Å². The third kappa shape index (κ3) is 7.46. The molecule has 1 atom stereocenters. The summed E-state index contributed by atoms with van der Waals surface area (Å²) in [5.74, 6) is -0.589. The number of methoxy groups -OCH3 is 1. The van der Waals surface area contributed by atoms with Crippen LogP contribution in [0.2, 0.25) is 0 Å². The Kier molecular flexibility index (Phi) is 8.12. The topological polar surface area (TPSA) is 78.6 Å². The van der Waals surface area contributed by atoms with Gasteiger partial charge in [0.25, 0.3) is 0 Å². The van der Waals surface area contributed by atoms with Crippen molar-refractivity contribution in [2.45, 2.75) is 44.8 Å². The molecule has 0 fully saturated rings. The van der Waals surface area contributed by atoms with Crippen LogP contribution in [0, 0.1) is 0 Å². The van der Waals surface area contributed by atoms with E-state index < -0.39 is 12.0 Å². The average Bonchev–Trinajstić information content (AvgIpc) is 2.52. The number of carbonyl (C=O) groups excluding carboxylic acids is 2. The first kappa shape index (κ1) is 17.2. The molecule has 0 saturated heterocycles. The van der Waals surface area contributed by atoms with Crippen molar-refractivity contribution in [2.75, 3.05) is 7.11 Å². The molecule has 116 valence electrons. The number of nitrogens with two attached hydrogens (primary N) is 1. The van der Waals surface area contributed by atoms with Crippen LogP contribution < -0.4 is 5.73 Å². The quantitative estimate of drug-likeness (QED) is 0.557. The molecule has 0 unspecified atom stereocenters. The van der Waals surface area contributed by atoms with Crippen LogP contribution in [0.4, 0.5) is 0 Å². The largest absolute Gasteiger partial charge is 0.468 e. The van der Waals surface area contributed by atoms with Gasteiger partial charge in [0, 0.05) is 6.42 Å². The minimum Gasteiger partial charge on any atom is -0.468 e. The Morgan fingerprint density at radius 1 is 1.14 bits per heavy atom. The summed E-state index contributed by atoms with van der Waals surface area (Å²) in [6.07, 6.45) is 3.33. The summed E-state index contributed by atoms with van der Waals surface area (Å²) < 4.78 is 9.72. The fraction of sp³-hybridized carbons (Fsp3) is 0.500. The Morgan fingerprint density at radius 2 is 1.86 bits per heavy atom. The zero-order chi connectivity index (χ0) is 15.5. The normalized spacial score (nSPS) is 11.7. The molecule has 0 radical (unpaired) electrons. The molecule has 0 saturated carbocycles. The van der Waals surface area contributed by atoms with Crippen molar-refractivity contribution in [2.24, 2.45) is 5.73 Å². The molecule has 0 heterocycles. The second-order valence-electron chi connectivity index (χ2n) is 4.88. The third-order valence-corrected chi connectivity index (χ3v) is 3.14. The number of rotatable bonds is 9. The minimum atomic E-state index is -0.569. The van der Waals surface area contributed by atoms with Crippen molar-refractivity contribution >= 4 is 11.9 Å². The van der Waals surface area contributed by atoms with E-state index in [1.165, 1.54) is 7.11 Å². The summed E-state index contributed by atoms with van der Waals surface area (Å²) >= 11 is 0. The number of hydrogen-bond acceptors (Lipinski definition) is 5. The van der Waals surface area contributed by atoms with Gasteiger partial charge in [-0.2, -0.15) is 0 Å². The van der Waals surface area contributed by atoms with E-state index in [0.29, 0.717) is 19.4 Å². The molecule has 0 aliphatic carbocycles. The van der Waals surface area contributed by atoms with Crippen LogP contribution in [0.15, 0.2) is 30.3 Å². The van der Waals surface area contributed by atoms with E-state index in [-0.39, 0.29) is 5.97 Å². The summed E-state index contributed by atoms with van der Waals surface area (Å²) in [4.78, 5) is 22.6. The second-order valence-corrected chi connectivity index (χ2v) is 4.88. The molecule has 0 aromatic heterocycles. The Bertz CT molecular complexity index is 433. The zero-order valence-corrected chi connectivity index (χ0v) is 12.4. The van der Waals surface area contributed by atoms with Crippen molar-refractivity contribution in [3.8, 4) is 0 Å². The van der Waals surface area contributed by atoms with Crippen LogP contribution in [-0.4, -0.2) is 25.1 Å². The van der Waals surface area contributed by atoms with Gasteiger partial charge in [0.05, 0.1) is 7.11 Å². The van der Waals surface area contributed by atoms with E-state index in [1.54, 1.807) is 0 Å². The molecule has 0 aliphatic heterocycles. The van der Waals surface area contributed by atoms with E-state index in [4.69, 9.17) is 10.5 Å². The Balaban J connectivity index is 2.05. The van der Waals surface area contributed by atoms with Crippen molar-refractivity contribution in [1.29, 1.82) is 0 Å². The van der Waals surface area contributed by atoms with Crippen LogP contribution >= 0.6 is 0 Å². The highest BCUT2D eigenvalue weighted by atomic mass is 16.5. The molecule has 0 bridgehead atoms. The molecular weight excluding hydrogens is 270 g/mol. The van der Waals surface area contributed by atoms with Gasteiger partial charge in [0.15, 0.2) is 0 Å². The minimum absolute atomic E-state index is 0.198. The SMILES string of the molecule is COC(=O)[C@@H](N)CCCCCC(=O)OCc1ccccc1. The highest BCUT2D eigenvalue weighted by Crippen LogP contribution is 2.08. The lowest BCUT2D eigenvalue weighted by atomic mass is 10.1. The highest BCUT2D eigenvalue weighted by Gasteiger charge is 2.12. The number of benzene rings is 1. The fourth-order valence-corrected chi connectivity index (χ4v) is 1.89. The van der Waals surface area contributed by atoms with Gasteiger partial charge < -0.3 is 15.2 Å². The number of unbranched alkanes of at least 4 members (excludes halogenated alkanes) is 2. The Hall–Kier alpha value is -1.88. The number of hydrogen-bond donors (Lipinski definition) is 1. The van der Waals surface area contributed by atoms with Crippen molar-refractivity contribution in [1.82, 2.24) is 0 Å². The molecule has 0 aliphatic rings. The lowest BCUT2D eigenvalue weighted by Crippen LogP contribution is -2.31. The average molecular weight is 293 g/mol. The molecule has 5 nitrogen and oxygen atoms in total. The summed E-state index contributed by atoms with van der Waals surface area (Å²) in [7, 11) is 1.32. The molecule has 0 amide bonds. The Labute approximate surface area is 125 Å². The van der Waals surface area contributed by atoms with Crippen molar-refractivity contribution in [3.05, 3.63) is 35.9 Å². The van der Waals surface area contributed by atoms with E-state index in [9.17, 15) is 9.59 Å². The summed E-state index contributed by atoms with van der Waals surface area (Å²) in [6.45, 7) is 0.312.